The largest absolute Gasteiger partial charge is 0.443 e. The van der Waals surface area contributed by atoms with Gasteiger partial charge < -0.3 is 4.74 Å². The summed E-state index contributed by atoms with van der Waals surface area (Å²) in [5, 5.41) is 0. The van der Waals surface area contributed by atoms with Gasteiger partial charge in [0.05, 0.1) is 6.04 Å². The average molecular weight is 337 g/mol. The van der Waals surface area contributed by atoms with Crippen molar-refractivity contribution in [3.63, 3.8) is 0 Å². The highest BCUT2D eigenvalue weighted by atomic mass is 16.6. The van der Waals surface area contributed by atoms with Gasteiger partial charge in [0.25, 0.3) is 5.91 Å². The van der Waals surface area contributed by atoms with E-state index in [1.54, 1.807) is 26.8 Å². The number of benzene rings is 2. The molecule has 3 rings (SSSR count). The van der Waals surface area contributed by atoms with Crippen LogP contribution in [0.3, 0.4) is 0 Å². The third-order valence-corrected chi connectivity index (χ3v) is 4.19. The van der Waals surface area contributed by atoms with Gasteiger partial charge >= 0.3 is 6.09 Å². The molecular formula is C21H23NO3. The molecule has 0 fully saturated rings. The Morgan fingerprint density at radius 2 is 1.80 bits per heavy atom. The summed E-state index contributed by atoms with van der Waals surface area (Å²) in [5.41, 5.74) is 2.95. The number of carbonyl (C=O) groups excluding carboxylic acids is 2. The Bertz CT molecular complexity index is 806. The van der Waals surface area contributed by atoms with Crippen LogP contribution in [0.5, 0.6) is 0 Å². The average Bonchev–Trinajstić information content (AvgIpc) is 2.79. The SMILES string of the molecule is Cc1ccc2c(c1)C(Cc1ccccc1)N(C(=O)OC(C)(C)C)C2=O. The highest BCUT2D eigenvalue weighted by Crippen LogP contribution is 2.37. The first-order valence-corrected chi connectivity index (χ1v) is 8.47. The molecule has 0 aromatic heterocycles. The van der Waals surface area contributed by atoms with Crippen molar-refractivity contribution in [3.8, 4) is 0 Å². The van der Waals surface area contributed by atoms with Crippen molar-refractivity contribution in [1.82, 2.24) is 4.90 Å². The van der Waals surface area contributed by atoms with E-state index in [0.717, 1.165) is 16.7 Å². The molecule has 0 aliphatic carbocycles. The van der Waals surface area contributed by atoms with Gasteiger partial charge in [-0.1, -0.05) is 48.0 Å². The first kappa shape index (κ1) is 17.2. The number of fused-ring (bicyclic) bond motifs is 1. The molecule has 0 bridgehead atoms. The number of carbonyl (C=O) groups is 2. The van der Waals surface area contributed by atoms with Crippen LogP contribution < -0.4 is 0 Å². The summed E-state index contributed by atoms with van der Waals surface area (Å²) in [6.07, 6.45) is -0.0188. The smallest absolute Gasteiger partial charge is 0.417 e. The monoisotopic (exact) mass is 337 g/mol. The Labute approximate surface area is 148 Å². The number of imide groups is 1. The number of aryl methyl sites for hydroxylation is 1. The van der Waals surface area contributed by atoms with Crippen molar-refractivity contribution < 1.29 is 14.3 Å². The second-order valence-electron chi connectivity index (χ2n) is 7.45. The summed E-state index contributed by atoms with van der Waals surface area (Å²) in [7, 11) is 0. The lowest BCUT2D eigenvalue weighted by Gasteiger charge is -2.27. The molecule has 0 N–H and O–H groups in total. The van der Waals surface area contributed by atoms with E-state index in [1.807, 2.05) is 49.4 Å². The van der Waals surface area contributed by atoms with E-state index in [2.05, 4.69) is 0 Å². The van der Waals surface area contributed by atoms with Gasteiger partial charge in [-0.3, -0.25) is 4.79 Å². The van der Waals surface area contributed by atoms with E-state index in [9.17, 15) is 9.59 Å². The first-order chi connectivity index (χ1) is 11.8. The Kier molecular flexibility index (Phi) is 4.38. The summed E-state index contributed by atoms with van der Waals surface area (Å²) in [4.78, 5) is 26.8. The van der Waals surface area contributed by atoms with Crippen molar-refractivity contribution in [1.29, 1.82) is 0 Å². The van der Waals surface area contributed by atoms with E-state index in [0.29, 0.717) is 12.0 Å². The highest BCUT2D eigenvalue weighted by molar-refractivity contribution is 6.07. The molecule has 1 atom stereocenters. The van der Waals surface area contributed by atoms with Crippen LogP contribution >= 0.6 is 0 Å². The molecule has 0 saturated heterocycles. The lowest BCUT2D eigenvalue weighted by atomic mass is 9.97. The first-order valence-electron chi connectivity index (χ1n) is 8.47. The van der Waals surface area contributed by atoms with E-state index in [1.165, 1.54) is 4.90 Å². The maximum Gasteiger partial charge on any atom is 0.417 e. The number of ether oxygens (including phenoxy) is 1. The zero-order valence-corrected chi connectivity index (χ0v) is 15.1. The summed E-state index contributed by atoms with van der Waals surface area (Å²) in [5.74, 6) is -0.287. The molecular weight excluding hydrogens is 314 g/mol. The molecule has 0 saturated carbocycles. The number of hydrogen-bond acceptors (Lipinski definition) is 3. The number of hydrogen-bond donors (Lipinski definition) is 0. The topological polar surface area (TPSA) is 46.6 Å². The van der Waals surface area contributed by atoms with Crippen LogP contribution in [0, 0.1) is 6.92 Å². The van der Waals surface area contributed by atoms with E-state index < -0.39 is 11.7 Å². The molecule has 1 aliphatic rings. The maximum atomic E-state index is 12.9. The molecule has 4 heteroatoms. The normalized spacial score (nSPS) is 16.7. The minimum Gasteiger partial charge on any atom is -0.443 e. The van der Waals surface area contributed by atoms with Gasteiger partial charge in [-0.2, -0.15) is 0 Å². The third kappa shape index (κ3) is 3.58. The Hall–Kier alpha value is -2.62. The van der Waals surface area contributed by atoms with Crippen LogP contribution in [-0.2, 0) is 11.2 Å². The van der Waals surface area contributed by atoms with Gasteiger partial charge in [-0.15, -0.1) is 0 Å². The predicted molar refractivity (Wildman–Crippen MR) is 96.5 cm³/mol. The summed E-state index contributed by atoms with van der Waals surface area (Å²) in [6.45, 7) is 7.39. The molecule has 0 spiro atoms. The second-order valence-corrected chi connectivity index (χ2v) is 7.45. The Morgan fingerprint density at radius 1 is 1.12 bits per heavy atom. The minimum atomic E-state index is -0.653. The molecule has 1 heterocycles. The fraction of sp³-hybridized carbons (Fsp3) is 0.333. The van der Waals surface area contributed by atoms with Crippen LogP contribution in [0.2, 0.25) is 0 Å². The zero-order chi connectivity index (χ0) is 18.2. The quantitative estimate of drug-likeness (QED) is 0.800. The van der Waals surface area contributed by atoms with Crippen molar-refractivity contribution in [3.05, 3.63) is 70.8 Å². The van der Waals surface area contributed by atoms with E-state index in [-0.39, 0.29) is 11.9 Å². The zero-order valence-electron chi connectivity index (χ0n) is 15.1. The Morgan fingerprint density at radius 3 is 2.44 bits per heavy atom. The molecule has 25 heavy (non-hydrogen) atoms. The van der Waals surface area contributed by atoms with Crippen molar-refractivity contribution in [2.45, 2.75) is 45.8 Å². The summed E-state index contributed by atoms with van der Waals surface area (Å²) >= 11 is 0. The Balaban J connectivity index is 2.00. The molecule has 1 unspecified atom stereocenters. The van der Waals surface area contributed by atoms with Crippen molar-refractivity contribution >= 4 is 12.0 Å². The number of rotatable bonds is 2. The summed E-state index contributed by atoms with van der Waals surface area (Å²) in [6, 6.07) is 15.2. The third-order valence-electron chi connectivity index (χ3n) is 4.19. The van der Waals surface area contributed by atoms with Crippen LogP contribution in [0.1, 0.15) is 53.9 Å². The maximum absolute atomic E-state index is 12.9. The van der Waals surface area contributed by atoms with Crippen molar-refractivity contribution in [2.24, 2.45) is 0 Å². The van der Waals surface area contributed by atoms with Crippen molar-refractivity contribution in [2.75, 3.05) is 0 Å². The van der Waals surface area contributed by atoms with Gasteiger partial charge in [-0.25, -0.2) is 9.69 Å². The van der Waals surface area contributed by atoms with Crippen LogP contribution in [-0.4, -0.2) is 22.5 Å². The van der Waals surface area contributed by atoms with Gasteiger partial charge in [0.1, 0.15) is 5.60 Å². The summed E-state index contributed by atoms with van der Waals surface area (Å²) < 4.78 is 5.49. The van der Waals surface area contributed by atoms with E-state index >= 15 is 0 Å². The molecule has 130 valence electrons. The van der Waals surface area contributed by atoms with Gasteiger partial charge in [0, 0.05) is 5.56 Å². The van der Waals surface area contributed by atoms with Crippen LogP contribution in [0.4, 0.5) is 4.79 Å². The fourth-order valence-electron chi connectivity index (χ4n) is 3.12. The fourth-order valence-corrected chi connectivity index (χ4v) is 3.12. The predicted octanol–water partition coefficient (Wildman–Crippen LogP) is 4.67. The van der Waals surface area contributed by atoms with Gasteiger partial charge in [0.15, 0.2) is 0 Å². The van der Waals surface area contributed by atoms with Gasteiger partial charge in [-0.05, 0) is 51.3 Å². The van der Waals surface area contributed by atoms with Crippen LogP contribution in [0.15, 0.2) is 48.5 Å². The number of amides is 2. The van der Waals surface area contributed by atoms with E-state index in [4.69, 9.17) is 4.74 Å². The van der Waals surface area contributed by atoms with Crippen LogP contribution in [0.25, 0.3) is 0 Å². The molecule has 2 amide bonds. The molecule has 2 aromatic rings. The molecule has 1 aliphatic heterocycles. The number of nitrogens with zero attached hydrogens (tertiary/aromatic N) is 1. The lowest BCUT2D eigenvalue weighted by Crippen LogP contribution is -2.39. The molecule has 2 aromatic carbocycles. The standard InChI is InChI=1S/C21H23NO3/c1-14-10-11-16-17(12-14)18(13-15-8-6-5-7-9-15)22(19(16)23)20(24)25-21(2,3)4/h5-12,18H,13H2,1-4H3. The second kappa shape index (κ2) is 6.36. The highest BCUT2D eigenvalue weighted by Gasteiger charge is 2.42. The lowest BCUT2D eigenvalue weighted by molar-refractivity contribution is 0.0190. The molecule has 4 nitrogen and oxygen atoms in total. The minimum absolute atomic E-state index is 0.287. The van der Waals surface area contributed by atoms with Gasteiger partial charge in [0.2, 0.25) is 0 Å². The molecule has 0 radical (unpaired) electrons.